The molecule has 0 unspecified atom stereocenters. The number of nitrogens with zero attached hydrogens (tertiary/aromatic N) is 2. The Morgan fingerprint density at radius 2 is 2.25 bits per heavy atom. The Kier molecular flexibility index (Phi) is 4.60. The van der Waals surface area contributed by atoms with Gasteiger partial charge in [-0.2, -0.15) is 0 Å². The van der Waals surface area contributed by atoms with E-state index in [9.17, 15) is 14.9 Å². The van der Waals surface area contributed by atoms with Crippen LogP contribution in [0.25, 0.3) is 0 Å². The Balaban J connectivity index is 2.28. The number of nitro groups is 1. The van der Waals surface area contributed by atoms with Crippen LogP contribution in [-0.4, -0.2) is 28.3 Å². The van der Waals surface area contributed by atoms with Crippen LogP contribution in [0, 0.1) is 10.1 Å². The summed E-state index contributed by atoms with van der Waals surface area (Å²) in [4.78, 5) is 24.7. The molecule has 1 heterocycles. The van der Waals surface area contributed by atoms with Crippen LogP contribution in [0.4, 0.5) is 5.69 Å². The van der Waals surface area contributed by atoms with Gasteiger partial charge in [0.05, 0.1) is 4.92 Å². The topological polar surface area (TPSA) is 63.5 Å². The second kappa shape index (κ2) is 6.22. The number of likely N-dealkylation sites (tertiary alicyclic amines) is 1. The van der Waals surface area contributed by atoms with Gasteiger partial charge in [-0.3, -0.25) is 14.9 Å². The smallest absolute Gasteiger partial charge is 0.288 e. The standard InChI is InChI=1S/C14H17ClN2O3/c1-2-11-5-3-4-8-16(11)14(18)10-6-7-12(15)13(9-10)17(19)20/h6-7,9,11H,2-5,8H2,1H3/t11-/m1/s1. The molecule has 1 aromatic rings. The molecule has 0 bridgehead atoms. The highest BCUT2D eigenvalue weighted by Gasteiger charge is 2.27. The van der Waals surface area contributed by atoms with Gasteiger partial charge in [0.1, 0.15) is 5.02 Å². The summed E-state index contributed by atoms with van der Waals surface area (Å²) in [5, 5.41) is 10.9. The molecule has 6 heteroatoms. The number of hydrogen-bond acceptors (Lipinski definition) is 3. The maximum Gasteiger partial charge on any atom is 0.288 e. The SMILES string of the molecule is CC[C@@H]1CCCCN1C(=O)c1ccc(Cl)c([N+](=O)[O-])c1. The Bertz CT molecular complexity index is 533. The summed E-state index contributed by atoms with van der Waals surface area (Å²) in [6, 6.07) is 4.47. The molecule has 5 nitrogen and oxygen atoms in total. The number of hydrogen-bond donors (Lipinski definition) is 0. The molecule has 1 fully saturated rings. The Hall–Kier alpha value is -1.62. The molecule has 0 aromatic heterocycles. The molecular weight excluding hydrogens is 280 g/mol. The third-order valence-electron chi connectivity index (χ3n) is 3.75. The van der Waals surface area contributed by atoms with Crippen molar-refractivity contribution in [3.05, 3.63) is 38.9 Å². The molecule has 1 aliphatic rings. The van der Waals surface area contributed by atoms with Crippen LogP contribution < -0.4 is 0 Å². The minimum atomic E-state index is -0.563. The molecule has 0 radical (unpaired) electrons. The van der Waals surface area contributed by atoms with Crippen molar-refractivity contribution in [2.45, 2.75) is 38.6 Å². The lowest BCUT2D eigenvalue weighted by atomic mass is 9.99. The first-order valence-corrected chi connectivity index (χ1v) is 7.17. The second-order valence-corrected chi connectivity index (χ2v) is 5.39. The normalized spacial score (nSPS) is 18.9. The van der Waals surface area contributed by atoms with E-state index in [4.69, 9.17) is 11.6 Å². The van der Waals surface area contributed by atoms with Crippen LogP contribution >= 0.6 is 11.6 Å². The molecule has 1 amide bonds. The summed E-state index contributed by atoms with van der Waals surface area (Å²) in [7, 11) is 0. The summed E-state index contributed by atoms with van der Waals surface area (Å²) in [6.07, 6.45) is 4.01. The molecule has 1 aromatic carbocycles. The highest BCUT2D eigenvalue weighted by Crippen LogP contribution is 2.27. The number of carbonyl (C=O) groups excluding carboxylic acids is 1. The Morgan fingerprint density at radius 3 is 2.90 bits per heavy atom. The number of carbonyl (C=O) groups is 1. The number of nitro benzene ring substituents is 1. The molecule has 1 saturated heterocycles. The van der Waals surface area contributed by atoms with Crippen LogP contribution in [0.2, 0.25) is 5.02 Å². The molecule has 108 valence electrons. The fourth-order valence-corrected chi connectivity index (χ4v) is 2.83. The number of amides is 1. The quantitative estimate of drug-likeness (QED) is 0.631. The molecule has 0 aliphatic carbocycles. The van der Waals surface area contributed by atoms with E-state index in [1.807, 2.05) is 4.90 Å². The molecule has 1 atom stereocenters. The first-order valence-electron chi connectivity index (χ1n) is 6.79. The van der Waals surface area contributed by atoms with E-state index in [1.54, 1.807) is 6.07 Å². The van der Waals surface area contributed by atoms with Crippen molar-refractivity contribution in [1.29, 1.82) is 0 Å². The predicted molar refractivity (Wildman–Crippen MR) is 77.1 cm³/mol. The fraction of sp³-hybridized carbons (Fsp3) is 0.500. The van der Waals surface area contributed by atoms with Gasteiger partial charge < -0.3 is 4.90 Å². The maximum absolute atomic E-state index is 12.5. The van der Waals surface area contributed by atoms with Crippen LogP contribution in [0.15, 0.2) is 18.2 Å². The minimum absolute atomic E-state index is 0.0530. The number of halogens is 1. The van der Waals surface area contributed by atoms with Gasteiger partial charge in [-0.1, -0.05) is 18.5 Å². The summed E-state index contributed by atoms with van der Waals surface area (Å²) in [6.45, 7) is 2.77. The molecule has 0 spiro atoms. The van der Waals surface area contributed by atoms with Crippen molar-refractivity contribution in [3.63, 3.8) is 0 Å². The summed E-state index contributed by atoms with van der Waals surface area (Å²) in [5.74, 6) is -0.142. The monoisotopic (exact) mass is 296 g/mol. The van der Waals surface area contributed by atoms with Crippen LogP contribution in [0.3, 0.4) is 0 Å². The molecule has 20 heavy (non-hydrogen) atoms. The zero-order valence-electron chi connectivity index (χ0n) is 11.3. The van der Waals surface area contributed by atoms with E-state index in [1.165, 1.54) is 12.1 Å². The van der Waals surface area contributed by atoms with E-state index in [2.05, 4.69) is 6.92 Å². The second-order valence-electron chi connectivity index (χ2n) is 4.98. The number of benzene rings is 1. The van der Waals surface area contributed by atoms with Crippen molar-refractivity contribution in [3.8, 4) is 0 Å². The van der Waals surface area contributed by atoms with E-state index < -0.39 is 4.92 Å². The Labute approximate surface area is 122 Å². The van der Waals surface area contributed by atoms with Gasteiger partial charge in [-0.05, 0) is 37.8 Å². The first kappa shape index (κ1) is 14.8. The van der Waals surface area contributed by atoms with Crippen molar-refractivity contribution >= 4 is 23.2 Å². The van der Waals surface area contributed by atoms with Crippen molar-refractivity contribution in [1.82, 2.24) is 4.90 Å². The largest absolute Gasteiger partial charge is 0.336 e. The summed E-state index contributed by atoms with van der Waals surface area (Å²) >= 11 is 5.77. The van der Waals surface area contributed by atoms with Crippen LogP contribution in [0.5, 0.6) is 0 Å². The lowest BCUT2D eigenvalue weighted by molar-refractivity contribution is -0.384. The van der Waals surface area contributed by atoms with E-state index in [0.29, 0.717) is 12.1 Å². The van der Waals surface area contributed by atoms with E-state index in [0.717, 1.165) is 25.7 Å². The number of rotatable bonds is 3. The molecule has 1 aliphatic heterocycles. The van der Waals surface area contributed by atoms with Crippen LogP contribution in [-0.2, 0) is 0 Å². The third kappa shape index (κ3) is 2.93. The van der Waals surface area contributed by atoms with Gasteiger partial charge in [0, 0.05) is 24.2 Å². The van der Waals surface area contributed by atoms with E-state index in [-0.39, 0.29) is 22.7 Å². The van der Waals surface area contributed by atoms with Gasteiger partial charge in [0.15, 0.2) is 0 Å². The lowest BCUT2D eigenvalue weighted by Crippen LogP contribution is -2.43. The van der Waals surface area contributed by atoms with Gasteiger partial charge in [0.2, 0.25) is 0 Å². The van der Waals surface area contributed by atoms with Gasteiger partial charge in [-0.15, -0.1) is 0 Å². The van der Waals surface area contributed by atoms with Gasteiger partial charge >= 0.3 is 0 Å². The molecule has 2 rings (SSSR count). The zero-order valence-corrected chi connectivity index (χ0v) is 12.1. The molecule has 0 saturated carbocycles. The van der Waals surface area contributed by atoms with Crippen molar-refractivity contribution in [2.24, 2.45) is 0 Å². The van der Waals surface area contributed by atoms with Gasteiger partial charge in [-0.25, -0.2) is 0 Å². The van der Waals surface area contributed by atoms with Crippen molar-refractivity contribution < 1.29 is 9.72 Å². The van der Waals surface area contributed by atoms with Crippen LogP contribution in [0.1, 0.15) is 43.0 Å². The highest BCUT2D eigenvalue weighted by atomic mass is 35.5. The maximum atomic E-state index is 12.5. The third-order valence-corrected chi connectivity index (χ3v) is 4.07. The van der Waals surface area contributed by atoms with E-state index >= 15 is 0 Å². The first-order chi connectivity index (χ1) is 9.54. The number of piperidine rings is 1. The predicted octanol–water partition coefficient (Wildman–Crippen LogP) is 3.65. The summed E-state index contributed by atoms with van der Waals surface area (Å²) in [5.41, 5.74) is 0.115. The lowest BCUT2D eigenvalue weighted by Gasteiger charge is -2.35. The Morgan fingerprint density at radius 1 is 1.50 bits per heavy atom. The highest BCUT2D eigenvalue weighted by molar-refractivity contribution is 6.32. The van der Waals surface area contributed by atoms with Crippen molar-refractivity contribution in [2.75, 3.05) is 6.54 Å². The minimum Gasteiger partial charge on any atom is -0.336 e. The average molecular weight is 297 g/mol. The average Bonchev–Trinajstić information content (AvgIpc) is 2.46. The molecular formula is C14H17ClN2O3. The zero-order chi connectivity index (χ0) is 14.7. The summed E-state index contributed by atoms with van der Waals surface area (Å²) < 4.78 is 0. The molecule has 0 N–H and O–H groups in total. The fourth-order valence-electron chi connectivity index (χ4n) is 2.64. The van der Waals surface area contributed by atoms with Gasteiger partial charge in [0.25, 0.3) is 11.6 Å².